The number of fused-ring (bicyclic) bond motifs is 6. The van der Waals surface area contributed by atoms with Crippen molar-refractivity contribution in [2.75, 3.05) is 12.3 Å². The summed E-state index contributed by atoms with van der Waals surface area (Å²) in [5.41, 5.74) is 0.408. The minimum absolute atomic E-state index is 0.0107. The Morgan fingerprint density at radius 1 is 0.788 bits per heavy atom. The van der Waals surface area contributed by atoms with Crippen LogP contribution in [0, 0.1) is 23.7 Å². The van der Waals surface area contributed by atoms with Crippen LogP contribution < -0.4 is 21.3 Å². The van der Waals surface area contributed by atoms with Crippen LogP contribution in [0.25, 0.3) is 0 Å². The van der Waals surface area contributed by atoms with Crippen LogP contribution in [0.2, 0.25) is 0 Å². The Kier molecular flexibility index (Phi) is 13.2. The van der Waals surface area contributed by atoms with E-state index in [0.29, 0.717) is 46.6 Å². The first-order chi connectivity index (χ1) is 24.7. The highest BCUT2D eigenvalue weighted by molar-refractivity contribution is 8.14. The fourth-order valence-electron chi connectivity index (χ4n) is 6.62. The molecule has 2 aromatic rings. The number of aliphatic imine (C=N–C) groups is 1. The van der Waals surface area contributed by atoms with Gasteiger partial charge in [0.2, 0.25) is 17.7 Å². The van der Waals surface area contributed by atoms with Gasteiger partial charge in [0, 0.05) is 23.1 Å². The number of nitrogens with one attached hydrogen (secondary N) is 4. The predicted octanol–water partition coefficient (Wildman–Crippen LogP) is 4.73. The molecule has 7 unspecified atom stereocenters. The molecule has 13 nitrogen and oxygen atoms in total. The Bertz CT molecular complexity index is 1670. The third-order valence-electron chi connectivity index (χ3n) is 9.86. The monoisotopic (exact) mass is 772 g/mol. The number of amides is 5. The van der Waals surface area contributed by atoms with Gasteiger partial charge in [-0.15, -0.1) is 34.4 Å². The maximum Gasteiger partial charge on any atom is 0.271 e. The van der Waals surface area contributed by atoms with Gasteiger partial charge in [-0.3, -0.25) is 29.0 Å². The number of aromatic nitrogens is 2. The van der Waals surface area contributed by atoms with Gasteiger partial charge in [-0.2, -0.15) is 0 Å². The fraction of sp³-hybridized carbons (Fsp3) is 0.667. The largest absolute Gasteiger partial charge is 0.345 e. The molecule has 52 heavy (non-hydrogen) atoms. The second-order valence-electron chi connectivity index (χ2n) is 15.1. The van der Waals surface area contributed by atoms with E-state index in [9.17, 15) is 24.0 Å². The lowest BCUT2D eigenvalue weighted by atomic mass is 9.99. The van der Waals surface area contributed by atoms with Crippen molar-refractivity contribution in [1.29, 1.82) is 0 Å². The number of carbonyl (C=O) groups is 5. The zero-order valence-electron chi connectivity index (χ0n) is 31.2. The normalized spacial score (nSPS) is 27.2. The first-order valence-corrected chi connectivity index (χ1v) is 21.1. The standard InChI is InChI=1S/C36H52N8O5S3/c1-9-20(8)28-35-40-24(16-52-35)30(46)42-27(19(6)7)36(49)44-12-10-11-25(44)32(48)41-26(18(4)5)34-39-22(15-51-34)29(45)37-21(13-17(2)3)33-38-23(14-50-33)31(47)43-28/h15-21,23,25-28H,9-14H2,1-8H3,(H,37,45)(H,41,48)(H,42,46)(H,43,47). The quantitative estimate of drug-likeness (QED) is 0.326. The van der Waals surface area contributed by atoms with E-state index >= 15 is 0 Å². The van der Waals surface area contributed by atoms with Crippen molar-refractivity contribution < 1.29 is 24.0 Å². The molecular weight excluding hydrogens is 721 g/mol. The first kappa shape index (κ1) is 39.8. The van der Waals surface area contributed by atoms with Crippen molar-refractivity contribution >= 4 is 69.0 Å². The lowest BCUT2D eigenvalue weighted by Crippen LogP contribution is -2.55. The van der Waals surface area contributed by atoms with Gasteiger partial charge in [0.15, 0.2) is 0 Å². The van der Waals surface area contributed by atoms with Crippen molar-refractivity contribution in [2.45, 2.75) is 117 Å². The van der Waals surface area contributed by atoms with Gasteiger partial charge in [0.05, 0.1) is 23.2 Å². The molecule has 3 aliphatic heterocycles. The van der Waals surface area contributed by atoms with Gasteiger partial charge in [0.1, 0.15) is 39.5 Å². The molecule has 5 heterocycles. The minimum atomic E-state index is -0.881. The molecule has 0 radical (unpaired) electrons. The van der Waals surface area contributed by atoms with Crippen LogP contribution in [-0.2, 0) is 14.4 Å². The van der Waals surface area contributed by atoms with Crippen molar-refractivity contribution in [3.63, 3.8) is 0 Å². The van der Waals surface area contributed by atoms with Crippen LogP contribution in [0.4, 0.5) is 0 Å². The van der Waals surface area contributed by atoms with Crippen LogP contribution in [0.5, 0.6) is 0 Å². The zero-order chi connectivity index (χ0) is 37.9. The summed E-state index contributed by atoms with van der Waals surface area (Å²) in [6.45, 7) is 16.2. The SMILES string of the molecule is CCC(C)C1NC(=O)C2CSC(=N2)C(CC(C)C)NC(=O)c2csc(n2)C(C(C)C)NC(=O)C2CCCN2C(=O)C(C(C)C)NC(=O)c2csc1n2. The summed E-state index contributed by atoms with van der Waals surface area (Å²) < 4.78 is 0. The maximum atomic E-state index is 14.1. The van der Waals surface area contributed by atoms with E-state index in [0.717, 1.165) is 6.42 Å². The molecule has 6 bridgehead atoms. The van der Waals surface area contributed by atoms with E-state index in [1.54, 1.807) is 15.7 Å². The number of rotatable bonds is 6. The molecule has 1 fully saturated rings. The van der Waals surface area contributed by atoms with Crippen molar-refractivity contribution in [3.05, 3.63) is 32.2 Å². The topological polar surface area (TPSA) is 175 Å². The molecule has 3 aliphatic rings. The summed E-state index contributed by atoms with van der Waals surface area (Å²) in [7, 11) is 0. The third-order valence-corrected chi connectivity index (χ3v) is 12.9. The van der Waals surface area contributed by atoms with E-state index in [1.165, 1.54) is 34.4 Å². The van der Waals surface area contributed by atoms with Crippen molar-refractivity contribution in [1.82, 2.24) is 36.1 Å². The average Bonchev–Trinajstić information content (AvgIpc) is 3.93. The summed E-state index contributed by atoms with van der Waals surface area (Å²) in [6.07, 6.45) is 2.52. The van der Waals surface area contributed by atoms with E-state index in [1.807, 2.05) is 41.5 Å². The second-order valence-corrected chi connectivity index (χ2v) is 17.9. The average molecular weight is 773 g/mol. The zero-order valence-corrected chi connectivity index (χ0v) is 33.7. The molecule has 0 aliphatic carbocycles. The fourth-order valence-corrected chi connectivity index (χ4v) is 9.73. The highest BCUT2D eigenvalue weighted by Gasteiger charge is 2.40. The maximum absolute atomic E-state index is 14.1. The molecular formula is C36H52N8O5S3. The van der Waals surface area contributed by atoms with E-state index in [4.69, 9.17) is 4.99 Å². The Balaban J connectivity index is 1.52. The number of carbonyl (C=O) groups excluding carboxylic acids is 5. The molecule has 1 saturated heterocycles. The van der Waals surface area contributed by atoms with Gasteiger partial charge in [0.25, 0.3) is 11.8 Å². The summed E-state index contributed by atoms with van der Waals surface area (Å²) in [5.74, 6) is -1.33. The van der Waals surface area contributed by atoms with Crippen molar-refractivity contribution in [2.24, 2.45) is 28.7 Å². The Morgan fingerprint density at radius 2 is 1.38 bits per heavy atom. The first-order valence-electron chi connectivity index (χ1n) is 18.3. The summed E-state index contributed by atoms with van der Waals surface area (Å²) in [5, 5.41) is 17.5. The molecule has 0 saturated carbocycles. The van der Waals surface area contributed by atoms with Gasteiger partial charge in [-0.25, -0.2) is 9.97 Å². The van der Waals surface area contributed by atoms with Crippen LogP contribution in [0.1, 0.15) is 124 Å². The molecule has 7 atom stereocenters. The highest BCUT2D eigenvalue weighted by atomic mass is 32.2. The number of thiazole rings is 2. The predicted molar refractivity (Wildman–Crippen MR) is 206 cm³/mol. The van der Waals surface area contributed by atoms with E-state index in [2.05, 4.69) is 45.1 Å². The van der Waals surface area contributed by atoms with Crippen LogP contribution in [0.15, 0.2) is 15.8 Å². The number of hydrogen-bond acceptors (Lipinski definition) is 11. The van der Waals surface area contributed by atoms with Crippen LogP contribution in [-0.4, -0.2) is 85.9 Å². The summed E-state index contributed by atoms with van der Waals surface area (Å²) >= 11 is 4.06. The van der Waals surface area contributed by atoms with E-state index in [-0.39, 0.29) is 58.7 Å². The van der Waals surface area contributed by atoms with Crippen LogP contribution in [0.3, 0.4) is 0 Å². The number of hydrogen-bond donors (Lipinski definition) is 4. The Morgan fingerprint density at radius 3 is 1.98 bits per heavy atom. The highest BCUT2D eigenvalue weighted by Crippen LogP contribution is 2.31. The minimum Gasteiger partial charge on any atom is -0.345 e. The molecule has 2 aromatic heterocycles. The van der Waals surface area contributed by atoms with Gasteiger partial charge >= 0.3 is 0 Å². The van der Waals surface area contributed by atoms with Gasteiger partial charge < -0.3 is 26.2 Å². The van der Waals surface area contributed by atoms with Gasteiger partial charge in [-0.1, -0.05) is 61.8 Å². The molecule has 0 aromatic carbocycles. The lowest BCUT2D eigenvalue weighted by molar-refractivity contribution is -0.141. The third kappa shape index (κ3) is 9.04. The van der Waals surface area contributed by atoms with Crippen molar-refractivity contribution in [3.8, 4) is 0 Å². The van der Waals surface area contributed by atoms with Gasteiger partial charge in [-0.05, 0) is 42.9 Å². The Hall–Kier alpha value is -3.37. The summed E-state index contributed by atoms with van der Waals surface area (Å²) in [6, 6.07) is -3.59. The number of thioether (sulfide) groups is 1. The Labute approximate surface area is 318 Å². The lowest BCUT2D eigenvalue weighted by Gasteiger charge is -2.31. The molecule has 0 spiro atoms. The van der Waals surface area contributed by atoms with Crippen LogP contribution >= 0.6 is 34.4 Å². The molecule has 284 valence electrons. The molecule has 4 N–H and O–H groups in total. The number of nitrogens with zero attached hydrogens (tertiary/aromatic N) is 4. The molecule has 5 amide bonds. The van der Waals surface area contributed by atoms with E-state index < -0.39 is 42.2 Å². The molecule has 16 heteroatoms. The molecule has 5 rings (SSSR count). The smallest absolute Gasteiger partial charge is 0.271 e. The second kappa shape index (κ2) is 17.2. The summed E-state index contributed by atoms with van der Waals surface area (Å²) in [4.78, 5) is 84.6.